The van der Waals surface area contributed by atoms with Gasteiger partial charge in [0.05, 0.1) is 11.4 Å². The molecule has 6 heteroatoms. The largest absolute Gasteiger partial charge is 0.454 e. The summed E-state index contributed by atoms with van der Waals surface area (Å²) >= 11 is 0. The smallest absolute Gasteiger partial charge is 0.380 e. The van der Waals surface area contributed by atoms with Crippen molar-refractivity contribution in [1.82, 2.24) is 0 Å². The Balaban J connectivity index is 2.22. The third kappa shape index (κ3) is 6.47. The number of ether oxygens (including phenoxy) is 1. The minimum absolute atomic E-state index is 0.152. The molecule has 0 aromatic heterocycles. The van der Waals surface area contributed by atoms with E-state index in [0.717, 1.165) is 16.8 Å². The molecule has 2 aromatic rings. The Hall–Kier alpha value is -3.02. The van der Waals surface area contributed by atoms with Crippen LogP contribution in [0.25, 0.3) is 0 Å². The fourth-order valence-corrected chi connectivity index (χ4v) is 1.89. The number of anilines is 1. The molecule has 2 aromatic carbocycles. The van der Waals surface area contributed by atoms with Crippen LogP contribution in [0.15, 0.2) is 63.9 Å². The first-order valence-electron chi connectivity index (χ1n) is 8.35. The van der Waals surface area contributed by atoms with Crippen molar-refractivity contribution in [2.24, 2.45) is 15.3 Å². The van der Waals surface area contributed by atoms with Gasteiger partial charge in [0.2, 0.25) is 0 Å². The Bertz CT molecular complexity index is 801. The van der Waals surface area contributed by atoms with E-state index >= 15 is 0 Å². The number of hydrogen-bond acceptors (Lipinski definition) is 5. The highest BCUT2D eigenvalue weighted by Gasteiger charge is 2.21. The molecule has 0 aliphatic carbocycles. The summed E-state index contributed by atoms with van der Waals surface area (Å²) in [5.74, 6) is -0.797. The number of amidine groups is 1. The van der Waals surface area contributed by atoms with Gasteiger partial charge < -0.3 is 4.74 Å². The van der Waals surface area contributed by atoms with Gasteiger partial charge in [0.15, 0.2) is 0 Å². The minimum Gasteiger partial charge on any atom is -0.454 e. The van der Waals surface area contributed by atoms with Gasteiger partial charge in [-0.1, -0.05) is 35.4 Å². The number of azo groups is 1. The highest BCUT2D eigenvalue weighted by atomic mass is 16.6. The van der Waals surface area contributed by atoms with Gasteiger partial charge in [-0.05, 0) is 58.9 Å². The number of hydrazone groups is 1. The van der Waals surface area contributed by atoms with Crippen LogP contribution in [0, 0.1) is 13.8 Å². The predicted molar refractivity (Wildman–Crippen MR) is 104 cm³/mol. The number of hydrogen-bond donors (Lipinski definition) is 1. The lowest BCUT2D eigenvalue weighted by Crippen LogP contribution is -2.28. The van der Waals surface area contributed by atoms with Gasteiger partial charge in [0, 0.05) is 0 Å². The van der Waals surface area contributed by atoms with E-state index in [1.807, 2.05) is 62.4 Å². The summed E-state index contributed by atoms with van der Waals surface area (Å²) in [6.07, 6.45) is 0. The highest BCUT2D eigenvalue weighted by molar-refractivity contribution is 6.35. The van der Waals surface area contributed by atoms with Crippen LogP contribution < -0.4 is 5.43 Å². The number of benzene rings is 2. The van der Waals surface area contributed by atoms with E-state index in [0.29, 0.717) is 5.69 Å². The van der Waals surface area contributed by atoms with Crippen LogP contribution in [0.3, 0.4) is 0 Å². The molecular weight excluding hydrogens is 328 g/mol. The zero-order valence-electron chi connectivity index (χ0n) is 15.8. The molecule has 26 heavy (non-hydrogen) atoms. The highest BCUT2D eigenvalue weighted by Crippen LogP contribution is 2.15. The lowest BCUT2D eigenvalue weighted by atomic mass is 10.2. The monoisotopic (exact) mass is 352 g/mol. The topological polar surface area (TPSA) is 75.4 Å². The Morgan fingerprint density at radius 3 is 2.00 bits per heavy atom. The average molecular weight is 352 g/mol. The second-order valence-corrected chi connectivity index (χ2v) is 6.95. The number of nitrogens with zero attached hydrogens (tertiary/aromatic N) is 3. The quantitative estimate of drug-likeness (QED) is 0.273. The third-order valence-electron chi connectivity index (χ3n) is 3.22. The Morgan fingerprint density at radius 1 is 0.923 bits per heavy atom. The van der Waals surface area contributed by atoms with Gasteiger partial charge in [0.1, 0.15) is 5.60 Å². The fourth-order valence-electron chi connectivity index (χ4n) is 1.89. The van der Waals surface area contributed by atoms with Crippen molar-refractivity contribution in [2.45, 2.75) is 40.2 Å². The van der Waals surface area contributed by atoms with Crippen LogP contribution >= 0.6 is 0 Å². The maximum atomic E-state index is 12.4. The summed E-state index contributed by atoms with van der Waals surface area (Å²) in [7, 11) is 0. The third-order valence-corrected chi connectivity index (χ3v) is 3.22. The van der Waals surface area contributed by atoms with Crippen molar-refractivity contribution < 1.29 is 9.53 Å². The molecule has 0 atom stereocenters. The van der Waals surface area contributed by atoms with Crippen LogP contribution in [-0.4, -0.2) is 17.4 Å². The summed E-state index contributed by atoms with van der Waals surface area (Å²) in [6, 6.07) is 15.1. The van der Waals surface area contributed by atoms with E-state index < -0.39 is 11.6 Å². The summed E-state index contributed by atoms with van der Waals surface area (Å²) in [5.41, 5.74) is 5.78. The molecule has 0 radical (unpaired) electrons. The maximum absolute atomic E-state index is 12.4. The van der Waals surface area contributed by atoms with Crippen LogP contribution in [0.1, 0.15) is 31.9 Å². The molecule has 136 valence electrons. The summed E-state index contributed by atoms with van der Waals surface area (Å²) in [5, 5.41) is 12.1. The molecule has 0 heterocycles. The van der Waals surface area contributed by atoms with Crippen LogP contribution in [0.2, 0.25) is 0 Å². The average Bonchev–Trinajstić information content (AvgIpc) is 2.56. The zero-order valence-corrected chi connectivity index (χ0v) is 15.8. The van der Waals surface area contributed by atoms with Crippen LogP contribution in [0.5, 0.6) is 0 Å². The SMILES string of the molecule is Cc1ccc(N=NC(=NNc2ccc(C)cc2)C(=O)OC(C)(C)C)cc1. The normalized spacial score (nSPS) is 12.3. The molecule has 2 rings (SSSR count). The Kier molecular flexibility index (Phi) is 6.22. The molecule has 0 aliphatic heterocycles. The van der Waals surface area contributed by atoms with Gasteiger partial charge in [-0.3, -0.25) is 5.43 Å². The number of nitrogens with one attached hydrogen (secondary N) is 1. The lowest BCUT2D eigenvalue weighted by Gasteiger charge is -2.18. The summed E-state index contributed by atoms with van der Waals surface area (Å²) in [6.45, 7) is 9.34. The first-order chi connectivity index (χ1) is 12.2. The van der Waals surface area contributed by atoms with E-state index in [4.69, 9.17) is 4.74 Å². The van der Waals surface area contributed by atoms with Crippen molar-refractivity contribution in [1.29, 1.82) is 0 Å². The number of esters is 1. The fraction of sp³-hybridized carbons (Fsp3) is 0.300. The van der Waals surface area contributed by atoms with Gasteiger partial charge in [0.25, 0.3) is 5.84 Å². The first kappa shape index (κ1) is 19.3. The maximum Gasteiger partial charge on any atom is 0.380 e. The molecule has 0 bridgehead atoms. The molecule has 0 unspecified atom stereocenters. The van der Waals surface area contributed by atoms with E-state index in [9.17, 15) is 4.79 Å². The molecule has 0 spiro atoms. The standard InChI is InChI=1S/C20H24N4O2/c1-14-6-10-16(11-7-14)21-23-18(19(25)26-20(3,4)5)24-22-17-12-8-15(2)9-13-17/h6-13,21H,1-5H3. The first-order valence-corrected chi connectivity index (χ1v) is 8.35. The van der Waals surface area contributed by atoms with Crippen LogP contribution in [-0.2, 0) is 9.53 Å². The van der Waals surface area contributed by atoms with Gasteiger partial charge in [-0.2, -0.15) is 0 Å². The predicted octanol–water partition coefficient (Wildman–Crippen LogP) is 5.15. The van der Waals surface area contributed by atoms with E-state index in [1.54, 1.807) is 20.8 Å². The van der Waals surface area contributed by atoms with Crippen molar-refractivity contribution in [3.63, 3.8) is 0 Å². The molecule has 0 fully saturated rings. The second-order valence-electron chi connectivity index (χ2n) is 6.95. The van der Waals surface area contributed by atoms with Gasteiger partial charge in [-0.25, -0.2) is 4.79 Å². The summed E-state index contributed by atoms with van der Waals surface area (Å²) in [4.78, 5) is 12.4. The molecule has 6 nitrogen and oxygen atoms in total. The van der Waals surface area contributed by atoms with Crippen molar-refractivity contribution in [3.8, 4) is 0 Å². The van der Waals surface area contributed by atoms with E-state index in [1.165, 1.54) is 0 Å². The number of carbonyl (C=O) groups is 1. The molecule has 0 amide bonds. The molecule has 1 N–H and O–H groups in total. The van der Waals surface area contributed by atoms with Gasteiger partial charge >= 0.3 is 5.97 Å². The van der Waals surface area contributed by atoms with Crippen molar-refractivity contribution in [2.75, 3.05) is 5.43 Å². The minimum atomic E-state index is -0.652. The Labute approximate surface area is 154 Å². The molecule has 0 aliphatic rings. The molecular formula is C20H24N4O2. The van der Waals surface area contributed by atoms with Crippen molar-refractivity contribution in [3.05, 3.63) is 59.7 Å². The van der Waals surface area contributed by atoms with Crippen molar-refractivity contribution >= 4 is 23.2 Å². The second kappa shape index (κ2) is 8.38. The number of aryl methyl sites for hydroxylation is 2. The number of rotatable bonds is 3. The van der Waals surface area contributed by atoms with E-state index in [2.05, 4.69) is 20.8 Å². The van der Waals surface area contributed by atoms with Crippen LogP contribution in [0.4, 0.5) is 11.4 Å². The zero-order chi connectivity index (χ0) is 19.2. The molecule has 0 saturated carbocycles. The number of carbonyl (C=O) groups excluding carboxylic acids is 1. The lowest BCUT2D eigenvalue weighted by molar-refractivity contribution is -0.146. The summed E-state index contributed by atoms with van der Waals surface area (Å²) < 4.78 is 5.35. The van der Waals surface area contributed by atoms with Gasteiger partial charge in [-0.15, -0.1) is 15.3 Å². The van der Waals surface area contributed by atoms with E-state index in [-0.39, 0.29) is 5.84 Å². The Morgan fingerprint density at radius 2 is 1.46 bits per heavy atom. The molecule has 0 saturated heterocycles.